The first-order valence-electron chi connectivity index (χ1n) is 10.7. The molecule has 33 heavy (non-hydrogen) atoms. The average Bonchev–Trinajstić information content (AvgIpc) is 2.79. The van der Waals surface area contributed by atoms with Crippen LogP contribution in [-0.4, -0.2) is 28.0 Å². The van der Waals surface area contributed by atoms with E-state index in [-0.39, 0.29) is 17.2 Å². The molecular formula is C26H30N2O4S. The molecular weight excluding hydrogens is 436 g/mol. The van der Waals surface area contributed by atoms with Crippen LogP contribution in [0.15, 0.2) is 65.6 Å². The number of amides is 1. The highest BCUT2D eigenvalue weighted by molar-refractivity contribution is 7.93. The van der Waals surface area contributed by atoms with Crippen molar-refractivity contribution in [3.8, 4) is 5.75 Å². The van der Waals surface area contributed by atoms with Gasteiger partial charge >= 0.3 is 0 Å². The summed E-state index contributed by atoms with van der Waals surface area (Å²) in [4.78, 5) is 12.9. The number of hydrogen-bond donors (Lipinski definition) is 1. The molecule has 3 rings (SSSR count). The van der Waals surface area contributed by atoms with Crippen LogP contribution in [0, 0.1) is 27.7 Å². The zero-order valence-electron chi connectivity index (χ0n) is 19.7. The van der Waals surface area contributed by atoms with Crippen molar-refractivity contribution in [2.45, 2.75) is 39.1 Å². The van der Waals surface area contributed by atoms with Crippen molar-refractivity contribution >= 4 is 21.6 Å². The molecule has 0 radical (unpaired) electrons. The van der Waals surface area contributed by atoms with Gasteiger partial charge in [-0.15, -0.1) is 0 Å². The van der Waals surface area contributed by atoms with Crippen molar-refractivity contribution in [2.24, 2.45) is 0 Å². The number of benzene rings is 3. The topological polar surface area (TPSA) is 75.7 Å². The van der Waals surface area contributed by atoms with Gasteiger partial charge in [-0.25, -0.2) is 8.42 Å². The number of hydrogen-bond acceptors (Lipinski definition) is 4. The van der Waals surface area contributed by atoms with E-state index >= 15 is 0 Å². The van der Waals surface area contributed by atoms with Gasteiger partial charge in [-0.1, -0.05) is 42.0 Å². The van der Waals surface area contributed by atoms with E-state index in [9.17, 15) is 13.2 Å². The van der Waals surface area contributed by atoms with Gasteiger partial charge in [-0.3, -0.25) is 9.10 Å². The number of methoxy groups -OCH3 is 1. The van der Waals surface area contributed by atoms with Gasteiger partial charge in [0.15, 0.2) is 0 Å². The average molecular weight is 467 g/mol. The van der Waals surface area contributed by atoms with Crippen LogP contribution < -0.4 is 14.4 Å². The van der Waals surface area contributed by atoms with E-state index in [0.29, 0.717) is 12.2 Å². The van der Waals surface area contributed by atoms with Gasteiger partial charge in [-0.2, -0.15) is 0 Å². The second-order valence-corrected chi connectivity index (χ2v) is 10.0. The summed E-state index contributed by atoms with van der Waals surface area (Å²) in [5, 5.41) is 2.83. The van der Waals surface area contributed by atoms with E-state index in [4.69, 9.17) is 4.74 Å². The Morgan fingerprint density at radius 2 is 1.55 bits per heavy atom. The smallest absolute Gasteiger partial charge is 0.268 e. The third-order valence-electron chi connectivity index (χ3n) is 5.56. The second kappa shape index (κ2) is 10.1. The van der Waals surface area contributed by atoms with Gasteiger partial charge in [0, 0.05) is 6.54 Å². The Bertz CT molecular complexity index is 1250. The molecule has 0 bridgehead atoms. The summed E-state index contributed by atoms with van der Waals surface area (Å²) in [6.07, 6.45) is 0. The second-order valence-electron chi connectivity index (χ2n) is 8.20. The summed E-state index contributed by atoms with van der Waals surface area (Å²) in [7, 11) is -2.66. The van der Waals surface area contributed by atoms with Crippen LogP contribution in [0.4, 0.5) is 5.69 Å². The zero-order valence-corrected chi connectivity index (χ0v) is 20.5. The minimum absolute atomic E-state index is 0.0227. The van der Waals surface area contributed by atoms with Gasteiger partial charge in [-0.05, 0) is 74.2 Å². The van der Waals surface area contributed by atoms with Gasteiger partial charge in [0.25, 0.3) is 10.0 Å². The lowest BCUT2D eigenvalue weighted by molar-refractivity contribution is -0.119. The monoisotopic (exact) mass is 466 g/mol. The molecule has 0 heterocycles. The van der Waals surface area contributed by atoms with Gasteiger partial charge in [0.1, 0.15) is 17.2 Å². The molecule has 7 heteroatoms. The third-order valence-corrected chi connectivity index (χ3v) is 7.36. The number of carbonyl (C=O) groups is 1. The summed E-state index contributed by atoms with van der Waals surface area (Å²) >= 11 is 0. The number of aryl methyl sites for hydroxylation is 4. The quantitative estimate of drug-likeness (QED) is 0.533. The fourth-order valence-corrected chi connectivity index (χ4v) is 5.05. The standard InChI is InChI=1S/C26H30N2O4S/c1-18-6-10-22(11-7-18)16-27-26(29)17-28(23-12-9-20(3)21(4)15-23)33(30,31)25-14-19(2)8-13-24(25)32-5/h6-15H,16-17H2,1-5H3,(H,27,29). The minimum atomic E-state index is -4.09. The van der Waals surface area contributed by atoms with Crippen molar-refractivity contribution in [3.05, 3.63) is 88.5 Å². The number of nitrogens with zero attached hydrogens (tertiary/aromatic N) is 1. The van der Waals surface area contributed by atoms with Gasteiger partial charge in [0.05, 0.1) is 12.8 Å². The number of anilines is 1. The summed E-state index contributed by atoms with van der Waals surface area (Å²) in [5.41, 5.74) is 5.24. The molecule has 0 saturated heterocycles. The summed E-state index contributed by atoms with van der Waals surface area (Å²) in [6, 6.07) is 18.1. The molecule has 6 nitrogen and oxygen atoms in total. The van der Waals surface area contributed by atoms with Crippen molar-refractivity contribution < 1.29 is 17.9 Å². The van der Waals surface area contributed by atoms with Crippen LogP contribution in [0.25, 0.3) is 0 Å². The lowest BCUT2D eigenvalue weighted by Gasteiger charge is -2.26. The van der Waals surface area contributed by atoms with Crippen LogP contribution in [-0.2, 0) is 21.4 Å². The molecule has 0 saturated carbocycles. The van der Waals surface area contributed by atoms with E-state index < -0.39 is 15.9 Å². The third kappa shape index (κ3) is 5.73. The Morgan fingerprint density at radius 3 is 2.18 bits per heavy atom. The van der Waals surface area contributed by atoms with Crippen molar-refractivity contribution in [3.63, 3.8) is 0 Å². The molecule has 0 aliphatic heterocycles. The normalized spacial score (nSPS) is 11.2. The molecule has 1 N–H and O–H groups in total. The Kier molecular flexibility index (Phi) is 7.43. The molecule has 0 unspecified atom stereocenters. The maximum atomic E-state index is 13.8. The minimum Gasteiger partial charge on any atom is -0.495 e. The molecule has 3 aromatic rings. The molecule has 0 fully saturated rings. The fraction of sp³-hybridized carbons (Fsp3) is 0.269. The highest BCUT2D eigenvalue weighted by atomic mass is 32.2. The van der Waals surface area contributed by atoms with E-state index in [1.54, 1.807) is 30.3 Å². The highest BCUT2D eigenvalue weighted by Gasteiger charge is 2.30. The first-order chi connectivity index (χ1) is 15.6. The molecule has 0 atom stereocenters. The van der Waals surface area contributed by atoms with Crippen LogP contribution in [0.5, 0.6) is 5.75 Å². The van der Waals surface area contributed by atoms with Crippen LogP contribution in [0.2, 0.25) is 0 Å². The summed E-state index contributed by atoms with van der Waals surface area (Å²) in [5.74, 6) is -0.168. The van der Waals surface area contributed by atoms with Crippen molar-refractivity contribution in [1.29, 1.82) is 0 Å². The molecule has 0 aliphatic rings. The van der Waals surface area contributed by atoms with E-state index in [1.165, 1.54) is 7.11 Å². The SMILES string of the molecule is COc1ccc(C)cc1S(=O)(=O)N(CC(=O)NCc1ccc(C)cc1)c1ccc(C)c(C)c1. The lowest BCUT2D eigenvalue weighted by atomic mass is 10.1. The number of ether oxygens (including phenoxy) is 1. The maximum Gasteiger partial charge on any atom is 0.268 e. The molecule has 0 spiro atoms. The number of rotatable bonds is 8. The van der Waals surface area contributed by atoms with Crippen LogP contribution >= 0.6 is 0 Å². The Balaban J connectivity index is 1.96. The molecule has 1 amide bonds. The first-order valence-corrected chi connectivity index (χ1v) is 12.1. The van der Waals surface area contributed by atoms with Gasteiger partial charge in [0.2, 0.25) is 5.91 Å². The molecule has 0 aliphatic carbocycles. The van der Waals surface area contributed by atoms with Crippen LogP contribution in [0.3, 0.4) is 0 Å². The summed E-state index contributed by atoms with van der Waals surface area (Å²) in [6.45, 7) is 7.63. The Hall–Kier alpha value is -3.32. The van der Waals surface area contributed by atoms with Crippen molar-refractivity contribution in [1.82, 2.24) is 5.32 Å². The van der Waals surface area contributed by atoms with E-state index in [1.807, 2.05) is 58.0 Å². The highest BCUT2D eigenvalue weighted by Crippen LogP contribution is 2.31. The van der Waals surface area contributed by atoms with E-state index in [2.05, 4.69) is 5.32 Å². The number of sulfonamides is 1. The maximum absolute atomic E-state index is 13.8. The fourth-order valence-electron chi connectivity index (χ4n) is 3.39. The zero-order chi connectivity index (χ0) is 24.2. The lowest BCUT2D eigenvalue weighted by Crippen LogP contribution is -2.40. The predicted molar refractivity (Wildman–Crippen MR) is 131 cm³/mol. The first kappa shape index (κ1) is 24.3. The predicted octanol–water partition coefficient (Wildman–Crippen LogP) is 4.44. The molecule has 0 aromatic heterocycles. The van der Waals surface area contributed by atoms with E-state index in [0.717, 1.165) is 32.1 Å². The van der Waals surface area contributed by atoms with Gasteiger partial charge < -0.3 is 10.1 Å². The Labute approximate surface area is 196 Å². The number of nitrogens with one attached hydrogen (secondary N) is 1. The number of carbonyl (C=O) groups excluding carboxylic acids is 1. The van der Waals surface area contributed by atoms with Crippen LogP contribution in [0.1, 0.15) is 27.8 Å². The molecule has 174 valence electrons. The largest absolute Gasteiger partial charge is 0.495 e. The summed E-state index contributed by atoms with van der Waals surface area (Å²) < 4.78 is 34.0. The molecule has 3 aromatic carbocycles. The van der Waals surface area contributed by atoms with Crippen molar-refractivity contribution in [2.75, 3.05) is 18.0 Å². The Morgan fingerprint density at radius 1 is 0.879 bits per heavy atom.